The molecule has 0 radical (unpaired) electrons. The molecule has 6 nitrogen and oxygen atoms in total. The van der Waals surface area contributed by atoms with Crippen LogP contribution in [-0.4, -0.2) is 60.4 Å². The number of aliphatic hydroxyl groups is 1. The highest BCUT2D eigenvalue weighted by Crippen LogP contribution is 2.42. The molecule has 1 saturated heterocycles. The van der Waals surface area contributed by atoms with Crippen LogP contribution < -0.4 is 4.74 Å². The van der Waals surface area contributed by atoms with Crippen LogP contribution in [0.2, 0.25) is 0 Å². The summed E-state index contributed by atoms with van der Waals surface area (Å²) in [6.07, 6.45) is 0.737. The van der Waals surface area contributed by atoms with E-state index in [1.165, 1.54) is 11.3 Å². The number of ketones is 1. The van der Waals surface area contributed by atoms with Crippen LogP contribution in [0.25, 0.3) is 5.76 Å². The predicted molar refractivity (Wildman–Crippen MR) is 119 cm³/mol. The van der Waals surface area contributed by atoms with E-state index in [2.05, 4.69) is 0 Å². The van der Waals surface area contributed by atoms with Gasteiger partial charge in [-0.15, -0.1) is 11.3 Å². The van der Waals surface area contributed by atoms with Crippen molar-refractivity contribution in [3.63, 3.8) is 0 Å². The summed E-state index contributed by atoms with van der Waals surface area (Å²) in [5.74, 6) is -0.764. The van der Waals surface area contributed by atoms with Gasteiger partial charge in [-0.3, -0.25) is 9.59 Å². The van der Waals surface area contributed by atoms with Crippen molar-refractivity contribution in [2.24, 2.45) is 0 Å². The third-order valence-electron chi connectivity index (χ3n) is 5.11. The van der Waals surface area contributed by atoms with Crippen molar-refractivity contribution in [1.82, 2.24) is 9.80 Å². The highest BCUT2D eigenvalue weighted by molar-refractivity contribution is 7.10. The molecular weight excluding hydrogens is 400 g/mol. The van der Waals surface area contributed by atoms with Crippen LogP contribution in [0.4, 0.5) is 0 Å². The smallest absolute Gasteiger partial charge is 0.295 e. The van der Waals surface area contributed by atoms with Gasteiger partial charge in [-0.1, -0.05) is 12.1 Å². The summed E-state index contributed by atoms with van der Waals surface area (Å²) in [5.41, 5.74) is 1.61. The van der Waals surface area contributed by atoms with E-state index in [1.807, 2.05) is 44.3 Å². The first-order chi connectivity index (χ1) is 14.3. The summed E-state index contributed by atoms with van der Waals surface area (Å²) in [6.45, 7) is 5.58. The van der Waals surface area contributed by atoms with Crippen LogP contribution in [0, 0.1) is 6.92 Å². The Balaban J connectivity index is 2.07. The SMILES string of the molecule is CCOc1cccc(/C(O)=C2/C(=O)C(=O)N(CCCN(C)C)C2c2sccc2C)c1. The maximum Gasteiger partial charge on any atom is 0.295 e. The van der Waals surface area contributed by atoms with Crippen molar-refractivity contribution in [1.29, 1.82) is 0 Å². The van der Waals surface area contributed by atoms with Crippen molar-refractivity contribution >= 4 is 28.8 Å². The number of carbonyl (C=O) groups is 2. The molecule has 1 amide bonds. The fourth-order valence-corrected chi connectivity index (χ4v) is 4.71. The molecule has 1 aliphatic rings. The Hall–Kier alpha value is -2.64. The lowest BCUT2D eigenvalue weighted by atomic mass is 9.98. The van der Waals surface area contributed by atoms with Crippen LogP contribution in [0.3, 0.4) is 0 Å². The number of Topliss-reactive ketones (excluding diaryl/α,β-unsaturated/α-hetero) is 1. The quantitative estimate of drug-likeness (QED) is 0.393. The zero-order chi connectivity index (χ0) is 21.8. The van der Waals surface area contributed by atoms with E-state index in [1.54, 1.807) is 29.2 Å². The topological polar surface area (TPSA) is 70.1 Å². The summed E-state index contributed by atoms with van der Waals surface area (Å²) in [5, 5.41) is 13.1. The first kappa shape index (κ1) is 22.1. The maximum atomic E-state index is 13.0. The van der Waals surface area contributed by atoms with E-state index in [9.17, 15) is 14.7 Å². The van der Waals surface area contributed by atoms with Crippen LogP contribution in [0.1, 0.15) is 35.4 Å². The summed E-state index contributed by atoms with van der Waals surface area (Å²) < 4.78 is 5.52. The number of aryl methyl sites for hydroxylation is 1. The van der Waals surface area contributed by atoms with Gasteiger partial charge in [-0.2, -0.15) is 0 Å². The number of benzene rings is 1. The Kier molecular flexibility index (Phi) is 6.95. The number of carbonyl (C=O) groups excluding carboxylic acids is 2. The number of ether oxygens (including phenoxy) is 1. The number of likely N-dealkylation sites (tertiary alicyclic amines) is 1. The fraction of sp³-hybridized carbons (Fsp3) is 0.391. The number of amides is 1. The van der Waals surface area contributed by atoms with E-state index >= 15 is 0 Å². The van der Waals surface area contributed by atoms with Crippen molar-refractivity contribution in [3.05, 3.63) is 57.3 Å². The van der Waals surface area contributed by atoms with Crippen molar-refractivity contribution in [2.45, 2.75) is 26.3 Å². The molecule has 1 atom stereocenters. The van der Waals surface area contributed by atoms with Gasteiger partial charge in [-0.25, -0.2) is 0 Å². The van der Waals surface area contributed by atoms with Gasteiger partial charge in [0.05, 0.1) is 18.2 Å². The van der Waals surface area contributed by atoms with E-state index in [0.717, 1.165) is 23.4 Å². The molecule has 0 spiro atoms. The minimum Gasteiger partial charge on any atom is -0.507 e. The molecule has 2 aromatic rings. The molecule has 1 fully saturated rings. The molecule has 30 heavy (non-hydrogen) atoms. The van der Waals surface area contributed by atoms with E-state index in [-0.39, 0.29) is 11.3 Å². The maximum absolute atomic E-state index is 13.0. The molecule has 1 unspecified atom stereocenters. The second kappa shape index (κ2) is 9.45. The molecule has 1 aromatic carbocycles. The number of hydrogen-bond donors (Lipinski definition) is 1. The summed E-state index contributed by atoms with van der Waals surface area (Å²) >= 11 is 1.50. The molecule has 0 aliphatic carbocycles. The minimum absolute atomic E-state index is 0.143. The molecule has 1 N–H and O–H groups in total. The molecule has 1 aromatic heterocycles. The Morgan fingerprint density at radius 3 is 2.67 bits per heavy atom. The first-order valence-corrected chi connectivity index (χ1v) is 10.9. The summed E-state index contributed by atoms with van der Waals surface area (Å²) in [4.78, 5) is 30.5. The zero-order valence-electron chi connectivity index (χ0n) is 17.8. The third kappa shape index (κ3) is 4.42. The van der Waals surface area contributed by atoms with Gasteiger partial charge in [0.1, 0.15) is 11.5 Å². The van der Waals surface area contributed by atoms with E-state index in [4.69, 9.17) is 4.74 Å². The summed E-state index contributed by atoms with van der Waals surface area (Å²) in [7, 11) is 3.95. The van der Waals surface area contributed by atoms with Crippen LogP contribution in [-0.2, 0) is 9.59 Å². The highest BCUT2D eigenvalue weighted by atomic mass is 32.1. The Morgan fingerprint density at radius 2 is 2.03 bits per heavy atom. The van der Waals surface area contributed by atoms with E-state index < -0.39 is 17.7 Å². The molecule has 0 saturated carbocycles. The second-order valence-electron chi connectivity index (χ2n) is 7.58. The zero-order valence-corrected chi connectivity index (χ0v) is 18.7. The molecule has 2 heterocycles. The average molecular weight is 429 g/mol. The fourth-order valence-electron chi connectivity index (χ4n) is 3.66. The van der Waals surface area contributed by atoms with Crippen LogP contribution >= 0.6 is 11.3 Å². The third-order valence-corrected chi connectivity index (χ3v) is 6.18. The number of aliphatic hydroxyl groups excluding tert-OH is 1. The number of rotatable bonds is 8. The molecule has 160 valence electrons. The van der Waals surface area contributed by atoms with Crippen molar-refractivity contribution < 1.29 is 19.4 Å². The number of hydrogen-bond acceptors (Lipinski definition) is 6. The lowest BCUT2D eigenvalue weighted by molar-refractivity contribution is -0.139. The van der Waals surface area contributed by atoms with Gasteiger partial charge in [-0.05, 0) is 70.1 Å². The second-order valence-corrected chi connectivity index (χ2v) is 8.53. The first-order valence-electron chi connectivity index (χ1n) is 10.1. The molecule has 0 bridgehead atoms. The lowest BCUT2D eigenvalue weighted by Crippen LogP contribution is -2.32. The van der Waals surface area contributed by atoms with Crippen molar-refractivity contribution in [2.75, 3.05) is 33.8 Å². The van der Waals surface area contributed by atoms with Gasteiger partial charge in [0.2, 0.25) is 0 Å². The largest absolute Gasteiger partial charge is 0.507 e. The lowest BCUT2D eigenvalue weighted by Gasteiger charge is -2.25. The Bertz CT molecular complexity index is 964. The van der Waals surface area contributed by atoms with Gasteiger partial charge in [0.15, 0.2) is 0 Å². The Morgan fingerprint density at radius 1 is 1.27 bits per heavy atom. The number of nitrogens with zero attached hydrogens (tertiary/aromatic N) is 2. The molecular formula is C23H28N2O4S. The number of thiophene rings is 1. The minimum atomic E-state index is -0.642. The van der Waals surface area contributed by atoms with Gasteiger partial charge < -0.3 is 19.6 Å². The van der Waals surface area contributed by atoms with Gasteiger partial charge in [0, 0.05) is 17.0 Å². The highest BCUT2D eigenvalue weighted by Gasteiger charge is 2.46. The van der Waals surface area contributed by atoms with Crippen LogP contribution in [0.15, 0.2) is 41.3 Å². The van der Waals surface area contributed by atoms with Crippen molar-refractivity contribution in [3.8, 4) is 5.75 Å². The van der Waals surface area contributed by atoms with E-state index in [0.29, 0.717) is 24.5 Å². The normalized spacial score (nSPS) is 18.4. The predicted octanol–water partition coefficient (Wildman–Crippen LogP) is 3.83. The summed E-state index contributed by atoms with van der Waals surface area (Å²) in [6, 6.07) is 8.35. The van der Waals surface area contributed by atoms with Gasteiger partial charge in [0.25, 0.3) is 11.7 Å². The van der Waals surface area contributed by atoms with Gasteiger partial charge >= 0.3 is 0 Å². The van der Waals surface area contributed by atoms with Crippen LogP contribution in [0.5, 0.6) is 5.75 Å². The Labute approximate surface area is 181 Å². The standard InChI is InChI=1S/C23H28N2O4S/c1-5-29-17-9-6-8-16(14-17)20(26)18-19(22-15(2)10-13-30-22)25(23(28)21(18)27)12-7-11-24(3)4/h6,8-10,13-14,19,26H,5,7,11-12H2,1-4H3/b20-18-. The molecule has 1 aliphatic heterocycles. The molecule has 3 rings (SSSR count). The molecule has 7 heteroatoms. The average Bonchev–Trinajstić information content (AvgIpc) is 3.23. The monoisotopic (exact) mass is 428 g/mol.